The Balaban J connectivity index is 1.66. The highest BCUT2D eigenvalue weighted by Crippen LogP contribution is 2.17. The number of fused-ring (bicyclic) bond motifs is 1. The highest BCUT2D eigenvalue weighted by atomic mass is 19.3. The first-order valence-corrected chi connectivity index (χ1v) is 6.42. The van der Waals surface area contributed by atoms with E-state index in [0.717, 1.165) is 4.52 Å². The van der Waals surface area contributed by atoms with Crippen LogP contribution in [0.4, 0.5) is 14.6 Å². The molecule has 3 heterocycles. The van der Waals surface area contributed by atoms with Gasteiger partial charge in [0.25, 0.3) is 6.43 Å². The van der Waals surface area contributed by atoms with Gasteiger partial charge in [0.1, 0.15) is 5.82 Å². The van der Waals surface area contributed by atoms with Crippen LogP contribution in [-0.4, -0.2) is 52.4 Å². The average Bonchev–Trinajstić information content (AvgIpc) is 3.13. The molecule has 3 aromatic rings. The Morgan fingerprint density at radius 1 is 1.30 bits per heavy atom. The third-order valence-electron chi connectivity index (χ3n) is 2.89. The van der Waals surface area contributed by atoms with Gasteiger partial charge in [-0.25, -0.2) is 18.3 Å². The molecule has 0 bridgehead atoms. The van der Waals surface area contributed by atoms with Gasteiger partial charge in [0, 0.05) is 6.54 Å². The molecule has 0 spiro atoms. The third kappa shape index (κ3) is 3.04. The number of nitrogens with zero attached hydrogens (tertiary/aromatic N) is 7. The first-order valence-electron chi connectivity index (χ1n) is 6.42. The Morgan fingerprint density at radius 3 is 2.83 bits per heavy atom. The lowest BCUT2D eigenvalue weighted by Gasteiger charge is -2.06. The van der Waals surface area contributed by atoms with Crippen LogP contribution >= 0.6 is 0 Å². The lowest BCUT2D eigenvalue weighted by atomic mass is 10.5. The van der Waals surface area contributed by atoms with Crippen LogP contribution < -0.4 is 5.32 Å². The number of aromatic carboxylic acids is 1. The van der Waals surface area contributed by atoms with Crippen LogP contribution in [0.5, 0.6) is 0 Å². The third-order valence-corrected chi connectivity index (χ3v) is 2.89. The second-order valence-electron chi connectivity index (χ2n) is 4.45. The molecule has 0 aliphatic carbocycles. The predicted octanol–water partition coefficient (Wildman–Crippen LogP) is 0.464. The zero-order valence-corrected chi connectivity index (χ0v) is 11.5. The largest absolute Gasteiger partial charge is 0.476 e. The van der Waals surface area contributed by atoms with Crippen LogP contribution in [0.3, 0.4) is 0 Å². The molecule has 0 atom stereocenters. The lowest BCUT2D eigenvalue weighted by molar-refractivity contribution is 0.0690. The Bertz CT molecular complexity index is 846. The lowest BCUT2D eigenvalue weighted by Crippen LogP contribution is -2.13. The van der Waals surface area contributed by atoms with Crippen molar-refractivity contribution < 1.29 is 18.7 Å². The molecule has 0 aliphatic heterocycles. The minimum absolute atomic E-state index is 0.157. The summed E-state index contributed by atoms with van der Waals surface area (Å²) in [5.41, 5.74) is 0.0591. The summed E-state index contributed by atoms with van der Waals surface area (Å²) in [4.78, 5) is 10.7. The van der Waals surface area contributed by atoms with Gasteiger partial charge in [-0.3, -0.25) is 0 Å². The van der Waals surface area contributed by atoms with Gasteiger partial charge >= 0.3 is 5.97 Å². The zero-order chi connectivity index (χ0) is 16.4. The number of nitrogens with one attached hydrogen (secondary N) is 1. The Hall–Kier alpha value is -3.18. The van der Waals surface area contributed by atoms with E-state index in [0.29, 0.717) is 18.9 Å². The van der Waals surface area contributed by atoms with Gasteiger partial charge in [0.2, 0.25) is 5.82 Å². The fourth-order valence-electron chi connectivity index (χ4n) is 1.84. The molecule has 0 saturated heterocycles. The van der Waals surface area contributed by atoms with Crippen molar-refractivity contribution in [2.75, 3.05) is 11.9 Å². The first-order chi connectivity index (χ1) is 11.0. The summed E-state index contributed by atoms with van der Waals surface area (Å²) in [5, 5.41) is 29.7. The number of carboxylic acid groups (broad SMARTS) is 1. The van der Waals surface area contributed by atoms with E-state index in [1.165, 1.54) is 16.9 Å². The number of carboxylic acids is 1. The SMILES string of the molecule is O=C(O)c1cn(CCNc2ccc3nnc(C(F)F)n3n2)nn1. The molecule has 120 valence electrons. The minimum atomic E-state index is -2.78. The molecule has 23 heavy (non-hydrogen) atoms. The number of carbonyl (C=O) groups is 1. The highest BCUT2D eigenvalue weighted by Gasteiger charge is 2.16. The molecule has 0 aliphatic rings. The minimum Gasteiger partial charge on any atom is -0.476 e. The smallest absolute Gasteiger partial charge is 0.358 e. The van der Waals surface area contributed by atoms with Gasteiger partial charge in [-0.2, -0.15) is 4.52 Å². The standard InChI is InChI=1S/C11H10F2N8O2/c12-9(13)10-17-16-8-2-1-7(18-21(8)10)14-3-4-20-5-6(11(22)23)15-19-20/h1-2,5,9H,3-4H2,(H,14,18)(H,22,23). The summed E-state index contributed by atoms with van der Waals surface area (Å²) < 4.78 is 27.8. The molecule has 12 heteroatoms. The zero-order valence-electron chi connectivity index (χ0n) is 11.5. The quantitative estimate of drug-likeness (QED) is 0.670. The van der Waals surface area contributed by atoms with Gasteiger partial charge in [-0.1, -0.05) is 5.21 Å². The molecular weight excluding hydrogens is 314 g/mol. The monoisotopic (exact) mass is 324 g/mol. The van der Waals surface area contributed by atoms with E-state index in [1.807, 2.05) is 0 Å². The fraction of sp³-hybridized carbons (Fsp3) is 0.273. The average molecular weight is 324 g/mol. The van der Waals surface area contributed by atoms with Crippen molar-refractivity contribution in [3.8, 4) is 0 Å². The van der Waals surface area contributed by atoms with E-state index in [1.54, 1.807) is 6.07 Å². The fourth-order valence-corrected chi connectivity index (χ4v) is 1.84. The maximum absolute atomic E-state index is 12.8. The van der Waals surface area contributed by atoms with Crippen molar-refractivity contribution in [2.45, 2.75) is 13.0 Å². The Kier molecular flexibility index (Phi) is 3.78. The van der Waals surface area contributed by atoms with Crippen molar-refractivity contribution in [3.05, 3.63) is 29.8 Å². The molecule has 10 nitrogen and oxygen atoms in total. The second kappa shape index (κ2) is 5.90. The molecule has 0 aromatic carbocycles. The first kappa shape index (κ1) is 14.7. The van der Waals surface area contributed by atoms with Crippen LogP contribution in [0, 0.1) is 0 Å². The highest BCUT2D eigenvalue weighted by molar-refractivity contribution is 5.84. The van der Waals surface area contributed by atoms with E-state index in [-0.39, 0.29) is 11.3 Å². The molecule has 3 aromatic heterocycles. The van der Waals surface area contributed by atoms with E-state index in [9.17, 15) is 13.6 Å². The van der Waals surface area contributed by atoms with Gasteiger partial charge in [-0.15, -0.1) is 20.4 Å². The van der Waals surface area contributed by atoms with E-state index in [4.69, 9.17) is 5.11 Å². The number of alkyl halides is 2. The molecule has 0 saturated carbocycles. The topological polar surface area (TPSA) is 123 Å². The van der Waals surface area contributed by atoms with Gasteiger partial charge in [0.15, 0.2) is 11.3 Å². The van der Waals surface area contributed by atoms with Gasteiger partial charge in [0.05, 0.1) is 12.7 Å². The number of aromatic nitrogens is 7. The van der Waals surface area contributed by atoms with Crippen LogP contribution in [0.25, 0.3) is 5.65 Å². The summed E-state index contributed by atoms with van der Waals surface area (Å²) in [5.74, 6) is -1.35. The number of hydrogen-bond donors (Lipinski definition) is 2. The number of rotatable bonds is 6. The molecule has 0 fully saturated rings. The summed E-state index contributed by atoms with van der Waals surface area (Å²) in [7, 11) is 0. The molecule has 3 rings (SSSR count). The number of hydrogen-bond acceptors (Lipinski definition) is 7. The van der Waals surface area contributed by atoms with Crippen LogP contribution in [0.1, 0.15) is 22.7 Å². The maximum atomic E-state index is 12.8. The summed E-state index contributed by atoms with van der Waals surface area (Å²) in [6, 6.07) is 3.08. The molecule has 0 radical (unpaired) electrons. The van der Waals surface area contributed by atoms with Crippen molar-refractivity contribution in [2.24, 2.45) is 0 Å². The Morgan fingerprint density at radius 2 is 2.13 bits per heavy atom. The van der Waals surface area contributed by atoms with Crippen molar-refractivity contribution in [1.82, 2.24) is 34.8 Å². The molecular formula is C11H10F2N8O2. The summed E-state index contributed by atoms with van der Waals surface area (Å²) >= 11 is 0. The van der Waals surface area contributed by atoms with Crippen LogP contribution in [0.15, 0.2) is 18.3 Å². The maximum Gasteiger partial charge on any atom is 0.358 e. The van der Waals surface area contributed by atoms with Crippen LogP contribution in [-0.2, 0) is 6.54 Å². The number of anilines is 1. The molecule has 2 N–H and O–H groups in total. The van der Waals surface area contributed by atoms with Crippen molar-refractivity contribution >= 4 is 17.4 Å². The molecule has 0 amide bonds. The predicted molar refractivity (Wildman–Crippen MR) is 71.2 cm³/mol. The van der Waals surface area contributed by atoms with Gasteiger partial charge in [-0.05, 0) is 12.1 Å². The molecule has 0 unspecified atom stereocenters. The Labute approximate surface area is 126 Å². The number of halogens is 2. The van der Waals surface area contributed by atoms with Crippen molar-refractivity contribution in [1.29, 1.82) is 0 Å². The van der Waals surface area contributed by atoms with E-state index >= 15 is 0 Å². The van der Waals surface area contributed by atoms with E-state index in [2.05, 4.69) is 30.9 Å². The van der Waals surface area contributed by atoms with E-state index < -0.39 is 18.2 Å². The second-order valence-corrected chi connectivity index (χ2v) is 4.45. The van der Waals surface area contributed by atoms with Crippen LogP contribution in [0.2, 0.25) is 0 Å². The normalized spacial score (nSPS) is 11.3. The van der Waals surface area contributed by atoms with Crippen molar-refractivity contribution in [3.63, 3.8) is 0 Å². The summed E-state index contributed by atoms with van der Waals surface area (Å²) in [6.07, 6.45) is -1.49. The summed E-state index contributed by atoms with van der Waals surface area (Å²) in [6.45, 7) is 0.664. The van der Waals surface area contributed by atoms with Gasteiger partial charge < -0.3 is 10.4 Å².